The van der Waals surface area contributed by atoms with Gasteiger partial charge in [0, 0.05) is 13.1 Å². The van der Waals surface area contributed by atoms with Gasteiger partial charge < -0.3 is 10.2 Å². The van der Waals surface area contributed by atoms with Crippen molar-refractivity contribution in [3.63, 3.8) is 0 Å². The highest BCUT2D eigenvalue weighted by Crippen LogP contribution is 2.16. The third kappa shape index (κ3) is 34.2. The van der Waals surface area contributed by atoms with E-state index in [0.717, 1.165) is 25.7 Å². The third-order valence-corrected chi connectivity index (χ3v) is 9.43. The first-order valence-electron chi connectivity index (χ1n) is 20.4. The van der Waals surface area contributed by atoms with Crippen molar-refractivity contribution in [1.82, 2.24) is 5.06 Å². The van der Waals surface area contributed by atoms with Crippen molar-refractivity contribution < 1.29 is 24.6 Å². The Bertz CT molecular complexity index is 607. The van der Waals surface area contributed by atoms with E-state index in [4.69, 9.17) is 9.94 Å². The summed E-state index contributed by atoms with van der Waals surface area (Å²) in [6.45, 7) is 5.88. The largest absolute Gasteiger partial charge is 0.481 e. The number of hydrogen-bond donors (Lipinski definition) is 2. The second kappa shape index (κ2) is 36.7. The number of carboxylic acids is 2. The van der Waals surface area contributed by atoms with Crippen LogP contribution in [0.5, 0.6) is 0 Å². The van der Waals surface area contributed by atoms with Gasteiger partial charge >= 0.3 is 11.9 Å². The molecule has 0 bridgehead atoms. The van der Waals surface area contributed by atoms with E-state index < -0.39 is 24.5 Å². The van der Waals surface area contributed by atoms with Crippen molar-refractivity contribution in [3.05, 3.63) is 0 Å². The smallest absolute Gasteiger partial charge is 0.335 e. The van der Waals surface area contributed by atoms with Crippen LogP contribution >= 0.6 is 0 Å². The van der Waals surface area contributed by atoms with E-state index in [1.165, 1.54) is 180 Å². The Morgan fingerprint density at radius 3 is 0.891 bits per heavy atom. The summed E-state index contributed by atoms with van der Waals surface area (Å²) in [5, 5.41) is 20.4. The fourth-order valence-corrected chi connectivity index (χ4v) is 6.40. The van der Waals surface area contributed by atoms with Crippen molar-refractivity contribution in [2.75, 3.05) is 13.1 Å². The molecule has 2 N–H and O–H groups in total. The Morgan fingerprint density at radius 1 is 0.435 bits per heavy atom. The highest BCUT2D eigenvalue weighted by Gasteiger charge is 2.25. The van der Waals surface area contributed by atoms with Gasteiger partial charge in [0.15, 0.2) is 6.10 Å². The lowest BCUT2D eigenvalue weighted by Crippen LogP contribution is -2.37. The van der Waals surface area contributed by atoms with Crippen LogP contribution in [0.25, 0.3) is 0 Å². The maximum atomic E-state index is 11.6. The minimum atomic E-state index is -1.32. The number of rotatable bonds is 39. The molecule has 6 nitrogen and oxygen atoms in total. The van der Waals surface area contributed by atoms with Crippen molar-refractivity contribution in [1.29, 1.82) is 0 Å². The van der Waals surface area contributed by atoms with Gasteiger partial charge in [-0.15, -0.1) is 0 Å². The number of hydroxylamine groups is 2. The summed E-state index contributed by atoms with van der Waals surface area (Å²) in [5.74, 6) is -2.34. The number of nitrogens with zero attached hydrogens (tertiary/aromatic N) is 1. The van der Waals surface area contributed by atoms with Crippen LogP contribution in [0.1, 0.15) is 226 Å². The summed E-state index contributed by atoms with van der Waals surface area (Å²) in [5.41, 5.74) is 0. The summed E-state index contributed by atoms with van der Waals surface area (Å²) in [7, 11) is 0. The summed E-state index contributed by atoms with van der Waals surface area (Å²) in [6, 6.07) is 0. The molecule has 0 fully saturated rings. The van der Waals surface area contributed by atoms with Crippen molar-refractivity contribution in [3.8, 4) is 0 Å². The first kappa shape index (κ1) is 44.9. The number of carboxylic acid groups (broad SMARTS) is 2. The molecule has 1 unspecified atom stereocenters. The first-order chi connectivity index (χ1) is 22.5. The zero-order valence-electron chi connectivity index (χ0n) is 30.9. The molecule has 0 amide bonds. The van der Waals surface area contributed by atoms with E-state index >= 15 is 0 Å². The molecule has 0 aromatic rings. The Balaban J connectivity index is 3.95. The average Bonchev–Trinajstić information content (AvgIpc) is 3.03. The average molecular weight is 654 g/mol. The second-order valence-corrected chi connectivity index (χ2v) is 14.1. The van der Waals surface area contributed by atoms with Gasteiger partial charge in [-0.3, -0.25) is 9.63 Å². The standard InChI is InChI=1S/C40H79NO5/c1-3-5-7-9-11-13-15-17-19-21-23-25-27-29-31-33-35-41(46-38(40(44)45)37-39(42)43)36-34-32-30-28-26-24-22-20-18-16-14-12-10-8-6-4-2/h38H,3-37H2,1-2H3,(H,42,43)(H,44,45). The van der Waals surface area contributed by atoms with Gasteiger partial charge in [0.1, 0.15) is 0 Å². The van der Waals surface area contributed by atoms with Crippen LogP contribution in [0.4, 0.5) is 0 Å². The third-order valence-electron chi connectivity index (χ3n) is 9.43. The lowest BCUT2D eigenvalue weighted by Gasteiger charge is -2.25. The van der Waals surface area contributed by atoms with Gasteiger partial charge in [0.05, 0.1) is 6.42 Å². The van der Waals surface area contributed by atoms with E-state index in [1.54, 1.807) is 5.06 Å². The Morgan fingerprint density at radius 2 is 0.674 bits per heavy atom. The van der Waals surface area contributed by atoms with Crippen LogP contribution in [-0.2, 0) is 14.4 Å². The molecule has 0 rings (SSSR count). The van der Waals surface area contributed by atoms with Gasteiger partial charge in [0.2, 0.25) is 0 Å². The summed E-state index contributed by atoms with van der Waals surface area (Å²) < 4.78 is 0. The lowest BCUT2D eigenvalue weighted by atomic mass is 10.0. The zero-order valence-corrected chi connectivity index (χ0v) is 30.9. The van der Waals surface area contributed by atoms with Crippen LogP contribution in [0, 0.1) is 0 Å². The van der Waals surface area contributed by atoms with E-state index in [0.29, 0.717) is 13.1 Å². The number of aliphatic carboxylic acids is 2. The lowest BCUT2D eigenvalue weighted by molar-refractivity contribution is -0.214. The van der Waals surface area contributed by atoms with Crippen molar-refractivity contribution in [2.24, 2.45) is 0 Å². The maximum Gasteiger partial charge on any atom is 0.335 e. The molecule has 0 spiro atoms. The maximum absolute atomic E-state index is 11.6. The molecule has 1 atom stereocenters. The molecular weight excluding hydrogens is 574 g/mol. The molecular formula is C40H79NO5. The quantitative estimate of drug-likeness (QED) is 0.0507. The Hall–Kier alpha value is -1.14. The summed E-state index contributed by atoms with van der Waals surface area (Å²) in [4.78, 5) is 28.5. The molecule has 6 heteroatoms. The molecule has 0 saturated carbocycles. The van der Waals surface area contributed by atoms with Gasteiger partial charge in [-0.05, 0) is 12.8 Å². The normalized spacial score (nSPS) is 12.2. The van der Waals surface area contributed by atoms with Crippen molar-refractivity contribution in [2.45, 2.75) is 232 Å². The van der Waals surface area contributed by atoms with Gasteiger partial charge in [-0.2, -0.15) is 5.06 Å². The van der Waals surface area contributed by atoms with Crippen LogP contribution in [0.2, 0.25) is 0 Å². The predicted molar refractivity (Wildman–Crippen MR) is 195 cm³/mol. The molecule has 274 valence electrons. The second-order valence-electron chi connectivity index (χ2n) is 14.1. The highest BCUT2D eigenvalue weighted by molar-refractivity contribution is 5.79. The van der Waals surface area contributed by atoms with E-state index in [2.05, 4.69) is 13.8 Å². The fourth-order valence-electron chi connectivity index (χ4n) is 6.40. The summed E-state index contributed by atoms with van der Waals surface area (Å²) >= 11 is 0. The van der Waals surface area contributed by atoms with Gasteiger partial charge in [-0.25, -0.2) is 4.79 Å². The topological polar surface area (TPSA) is 87.1 Å². The van der Waals surface area contributed by atoms with Gasteiger partial charge in [-0.1, -0.05) is 206 Å². The van der Waals surface area contributed by atoms with Crippen LogP contribution in [-0.4, -0.2) is 46.4 Å². The SMILES string of the molecule is CCCCCCCCCCCCCCCCCCN(CCCCCCCCCCCCCCCCCC)OC(CC(=O)O)C(=O)O. The Kier molecular flexibility index (Phi) is 35.8. The molecule has 0 aliphatic rings. The highest BCUT2D eigenvalue weighted by atomic mass is 16.7. The van der Waals surface area contributed by atoms with E-state index in [-0.39, 0.29) is 0 Å². The monoisotopic (exact) mass is 654 g/mol. The minimum Gasteiger partial charge on any atom is -0.481 e. The Labute approximate surface area is 286 Å². The fraction of sp³-hybridized carbons (Fsp3) is 0.950. The molecule has 0 aliphatic heterocycles. The molecule has 0 aliphatic carbocycles. The van der Waals surface area contributed by atoms with E-state index in [1.807, 2.05) is 0 Å². The van der Waals surface area contributed by atoms with E-state index in [9.17, 15) is 14.7 Å². The molecule has 0 aromatic heterocycles. The van der Waals surface area contributed by atoms with Gasteiger partial charge in [0.25, 0.3) is 0 Å². The molecule has 0 heterocycles. The molecule has 0 saturated heterocycles. The van der Waals surface area contributed by atoms with Crippen LogP contribution in [0.15, 0.2) is 0 Å². The first-order valence-corrected chi connectivity index (χ1v) is 20.4. The number of hydrogen-bond acceptors (Lipinski definition) is 4. The minimum absolute atomic E-state index is 0.510. The summed E-state index contributed by atoms with van der Waals surface area (Å²) in [6.07, 6.45) is 40.3. The number of carbonyl (C=O) groups is 2. The zero-order chi connectivity index (χ0) is 33.8. The van der Waals surface area contributed by atoms with Crippen LogP contribution in [0.3, 0.4) is 0 Å². The van der Waals surface area contributed by atoms with Crippen molar-refractivity contribution >= 4 is 11.9 Å². The predicted octanol–water partition coefficient (Wildman–Crippen LogP) is 12.7. The van der Waals surface area contributed by atoms with Crippen LogP contribution < -0.4 is 0 Å². The number of unbranched alkanes of at least 4 members (excludes halogenated alkanes) is 30. The molecule has 46 heavy (non-hydrogen) atoms. The molecule has 0 aromatic carbocycles. The molecule has 0 radical (unpaired) electrons.